The molecule has 1 N–H and O–H groups in total. The summed E-state index contributed by atoms with van der Waals surface area (Å²) in [7, 11) is 0. The molecule has 0 aliphatic heterocycles. The van der Waals surface area contributed by atoms with Gasteiger partial charge in [-0.2, -0.15) is 5.10 Å². The van der Waals surface area contributed by atoms with Crippen LogP contribution in [-0.2, 0) is 0 Å². The Morgan fingerprint density at radius 2 is 1.90 bits per heavy atom. The summed E-state index contributed by atoms with van der Waals surface area (Å²) >= 11 is 9.77. The van der Waals surface area contributed by atoms with E-state index in [1.54, 1.807) is 0 Å². The summed E-state index contributed by atoms with van der Waals surface area (Å²) in [5, 5.41) is 8.91. The first-order chi connectivity index (χ1) is 9.81. The molecule has 1 atom stereocenters. The quantitative estimate of drug-likeness (QED) is 0.751. The number of nitrogens with zero attached hydrogens (tertiary/aromatic N) is 2. The Hall–Kier alpha value is -1.000. The Balaban J connectivity index is 2.29. The standard InChI is InChI=1S/C16H21BrClN3/c1-9(2)21-12(5)16(11(4)20-21)19-10(3)14-7-6-13(17)8-15(14)18/h6-10,19H,1-5H3. The molecule has 0 spiro atoms. The minimum absolute atomic E-state index is 0.118. The van der Waals surface area contributed by atoms with Gasteiger partial charge in [-0.3, -0.25) is 4.68 Å². The summed E-state index contributed by atoms with van der Waals surface area (Å²) in [6.07, 6.45) is 0. The van der Waals surface area contributed by atoms with Gasteiger partial charge in [0, 0.05) is 15.5 Å². The van der Waals surface area contributed by atoms with E-state index >= 15 is 0 Å². The fourth-order valence-corrected chi connectivity index (χ4v) is 3.36. The Labute approximate surface area is 139 Å². The predicted molar refractivity (Wildman–Crippen MR) is 93.3 cm³/mol. The van der Waals surface area contributed by atoms with E-state index in [4.69, 9.17) is 11.6 Å². The Morgan fingerprint density at radius 3 is 2.43 bits per heavy atom. The van der Waals surface area contributed by atoms with Gasteiger partial charge in [0.25, 0.3) is 0 Å². The molecule has 2 rings (SSSR count). The maximum absolute atomic E-state index is 6.34. The number of rotatable bonds is 4. The summed E-state index contributed by atoms with van der Waals surface area (Å²) in [6.45, 7) is 10.5. The van der Waals surface area contributed by atoms with Crippen molar-refractivity contribution in [2.24, 2.45) is 0 Å². The second kappa shape index (κ2) is 6.41. The van der Waals surface area contributed by atoms with E-state index in [-0.39, 0.29) is 6.04 Å². The maximum Gasteiger partial charge on any atom is 0.0828 e. The van der Waals surface area contributed by atoms with Crippen LogP contribution in [0.5, 0.6) is 0 Å². The molecule has 5 heteroatoms. The SMILES string of the molecule is Cc1nn(C(C)C)c(C)c1NC(C)c1ccc(Br)cc1Cl. The lowest BCUT2D eigenvalue weighted by Crippen LogP contribution is -2.09. The summed E-state index contributed by atoms with van der Waals surface area (Å²) < 4.78 is 3.04. The van der Waals surface area contributed by atoms with Crippen LogP contribution < -0.4 is 5.32 Å². The third-order valence-electron chi connectivity index (χ3n) is 3.60. The van der Waals surface area contributed by atoms with Crippen LogP contribution in [0.4, 0.5) is 5.69 Å². The molecule has 21 heavy (non-hydrogen) atoms. The fourth-order valence-electron chi connectivity index (χ4n) is 2.52. The lowest BCUT2D eigenvalue weighted by atomic mass is 10.1. The van der Waals surface area contributed by atoms with E-state index in [1.165, 1.54) is 0 Å². The van der Waals surface area contributed by atoms with E-state index in [0.717, 1.165) is 32.1 Å². The van der Waals surface area contributed by atoms with Gasteiger partial charge in [-0.25, -0.2) is 0 Å². The van der Waals surface area contributed by atoms with Crippen LogP contribution in [0.15, 0.2) is 22.7 Å². The molecule has 0 bridgehead atoms. The number of aryl methyl sites for hydroxylation is 1. The number of benzene rings is 1. The summed E-state index contributed by atoms with van der Waals surface area (Å²) in [4.78, 5) is 0. The van der Waals surface area contributed by atoms with Gasteiger partial charge >= 0.3 is 0 Å². The molecule has 3 nitrogen and oxygen atoms in total. The molecule has 0 saturated carbocycles. The van der Waals surface area contributed by atoms with E-state index in [1.807, 2.05) is 29.8 Å². The highest BCUT2D eigenvalue weighted by Crippen LogP contribution is 2.31. The highest BCUT2D eigenvalue weighted by Gasteiger charge is 2.17. The van der Waals surface area contributed by atoms with Gasteiger partial charge in [-0.05, 0) is 52.3 Å². The first-order valence-corrected chi connectivity index (χ1v) is 8.25. The van der Waals surface area contributed by atoms with Crippen LogP contribution >= 0.6 is 27.5 Å². The van der Waals surface area contributed by atoms with Crippen LogP contribution in [0.1, 0.15) is 49.8 Å². The molecule has 2 aromatic rings. The minimum Gasteiger partial charge on any atom is -0.375 e. The van der Waals surface area contributed by atoms with Crippen LogP contribution in [0, 0.1) is 13.8 Å². The lowest BCUT2D eigenvalue weighted by molar-refractivity contribution is 0.516. The number of hydrogen-bond acceptors (Lipinski definition) is 2. The van der Waals surface area contributed by atoms with Crippen molar-refractivity contribution in [3.8, 4) is 0 Å². The molecule has 1 aromatic heterocycles. The highest BCUT2D eigenvalue weighted by molar-refractivity contribution is 9.10. The third-order valence-corrected chi connectivity index (χ3v) is 4.42. The van der Waals surface area contributed by atoms with Gasteiger partial charge in [0.2, 0.25) is 0 Å². The fraction of sp³-hybridized carbons (Fsp3) is 0.438. The monoisotopic (exact) mass is 369 g/mol. The van der Waals surface area contributed by atoms with Crippen LogP contribution in [0.2, 0.25) is 5.02 Å². The second-order valence-corrected chi connectivity index (χ2v) is 6.94. The number of nitrogens with one attached hydrogen (secondary N) is 1. The van der Waals surface area contributed by atoms with Crippen LogP contribution in [0.3, 0.4) is 0 Å². The molecule has 1 heterocycles. The summed E-state index contributed by atoms with van der Waals surface area (Å²) in [5.74, 6) is 0. The smallest absolute Gasteiger partial charge is 0.0828 e. The topological polar surface area (TPSA) is 29.9 Å². The molecule has 114 valence electrons. The van der Waals surface area contributed by atoms with Gasteiger partial charge in [0.15, 0.2) is 0 Å². The molecular weight excluding hydrogens is 350 g/mol. The van der Waals surface area contributed by atoms with Crippen molar-refractivity contribution in [3.05, 3.63) is 44.6 Å². The number of aromatic nitrogens is 2. The Morgan fingerprint density at radius 1 is 1.24 bits per heavy atom. The predicted octanol–water partition coefficient (Wildman–Crippen LogP) is 5.67. The number of halogens is 2. The van der Waals surface area contributed by atoms with E-state index in [2.05, 4.69) is 54.0 Å². The summed E-state index contributed by atoms with van der Waals surface area (Å²) in [6, 6.07) is 6.45. The van der Waals surface area contributed by atoms with Crippen molar-refractivity contribution < 1.29 is 0 Å². The van der Waals surface area contributed by atoms with Gasteiger partial charge in [0.05, 0.1) is 23.1 Å². The van der Waals surface area contributed by atoms with E-state index in [9.17, 15) is 0 Å². The Bertz CT molecular complexity index is 649. The normalized spacial score (nSPS) is 12.8. The lowest BCUT2D eigenvalue weighted by Gasteiger charge is -2.18. The third kappa shape index (κ3) is 3.43. The van der Waals surface area contributed by atoms with Crippen molar-refractivity contribution in [1.82, 2.24) is 9.78 Å². The first-order valence-electron chi connectivity index (χ1n) is 7.08. The molecular formula is C16H21BrClN3. The number of anilines is 1. The van der Waals surface area contributed by atoms with E-state index < -0.39 is 0 Å². The maximum atomic E-state index is 6.34. The van der Waals surface area contributed by atoms with Crippen molar-refractivity contribution in [2.75, 3.05) is 5.32 Å². The molecule has 1 aromatic carbocycles. The zero-order valence-corrected chi connectivity index (χ0v) is 15.4. The largest absolute Gasteiger partial charge is 0.375 e. The number of hydrogen-bond donors (Lipinski definition) is 1. The minimum atomic E-state index is 0.118. The second-order valence-electron chi connectivity index (χ2n) is 5.62. The highest BCUT2D eigenvalue weighted by atomic mass is 79.9. The zero-order valence-electron chi connectivity index (χ0n) is 13.0. The average molecular weight is 371 g/mol. The Kier molecular flexibility index (Phi) is 4.99. The molecule has 0 fully saturated rings. The molecule has 0 saturated heterocycles. The summed E-state index contributed by atoms with van der Waals surface area (Å²) in [5.41, 5.74) is 4.34. The van der Waals surface area contributed by atoms with Gasteiger partial charge in [-0.1, -0.05) is 33.6 Å². The van der Waals surface area contributed by atoms with Crippen molar-refractivity contribution >= 4 is 33.2 Å². The first kappa shape index (κ1) is 16.4. The van der Waals surface area contributed by atoms with Gasteiger partial charge in [-0.15, -0.1) is 0 Å². The molecule has 1 unspecified atom stereocenters. The molecule has 0 aliphatic carbocycles. The van der Waals surface area contributed by atoms with Gasteiger partial charge < -0.3 is 5.32 Å². The molecule has 0 radical (unpaired) electrons. The molecule has 0 amide bonds. The van der Waals surface area contributed by atoms with Gasteiger partial charge in [0.1, 0.15) is 0 Å². The molecule has 0 aliphatic rings. The average Bonchev–Trinajstić information content (AvgIpc) is 2.66. The van der Waals surface area contributed by atoms with Crippen molar-refractivity contribution in [2.45, 2.75) is 46.7 Å². The van der Waals surface area contributed by atoms with Crippen molar-refractivity contribution in [3.63, 3.8) is 0 Å². The zero-order chi connectivity index (χ0) is 15.7. The van der Waals surface area contributed by atoms with Crippen LogP contribution in [0.25, 0.3) is 0 Å². The van der Waals surface area contributed by atoms with Crippen molar-refractivity contribution in [1.29, 1.82) is 0 Å². The van der Waals surface area contributed by atoms with E-state index in [0.29, 0.717) is 6.04 Å². The van der Waals surface area contributed by atoms with Crippen LogP contribution in [-0.4, -0.2) is 9.78 Å².